The van der Waals surface area contributed by atoms with E-state index in [4.69, 9.17) is 0 Å². The Morgan fingerprint density at radius 1 is 1.30 bits per heavy atom. The van der Waals surface area contributed by atoms with E-state index in [1.54, 1.807) is 4.68 Å². The molecule has 4 atom stereocenters. The fourth-order valence-electron chi connectivity index (χ4n) is 4.87. The Balaban J connectivity index is 1.45. The van der Waals surface area contributed by atoms with Gasteiger partial charge in [0.15, 0.2) is 0 Å². The molecule has 3 fully saturated rings. The van der Waals surface area contributed by atoms with Crippen LogP contribution in [0.1, 0.15) is 67.0 Å². The lowest BCUT2D eigenvalue weighted by molar-refractivity contribution is 0.0839. The lowest BCUT2D eigenvalue weighted by atomic mass is 9.77. The molecular weight excluding hydrogens is 290 g/mol. The molecule has 0 aromatic carbocycles. The zero-order chi connectivity index (χ0) is 16.0. The van der Waals surface area contributed by atoms with E-state index in [1.165, 1.54) is 32.1 Å². The largest absolute Gasteiger partial charge is 0.396 e. The van der Waals surface area contributed by atoms with Gasteiger partial charge in [0, 0.05) is 25.6 Å². The Labute approximate surface area is 137 Å². The highest BCUT2D eigenvalue weighted by atomic mass is 16.3. The van der Waals surface area contributed by atoms with E-state index in [2.05, 4.69) is 10.4 Å². The molecular formula is C18H27N3O2. The molecule has 3 aliphatic rings. The minimum atomic E-state index is 0.0231. The van der Waals surface area contributed by atoms with Gasteiger partial charge >= 0.3 is 0 Å². The normalized spacial score (nSPS) is 33.5. The summed E-state index contributed by atoms with van der Waals surface area (Å²) in [6.07, 6.45) is 8.16. The van der Waals surface area contributed by atoms with E-state index in [0.717, 1.165) is 18.5 Å². The van der Waals surface area contributed by atoms with Gasteiger partial charge in [-0.1, -0.05) is 6.42 Å². The van der Waals surface area contributed by atoms with Crippen molar-refractivity contribution in [2.24, 2.45) is 24.8 Å². The summed E-state index contributed by atoms with van der Waals surface area (Å²) in [6.45, 7) is 0.292. The summed E-state index contributed by atoms with van der Waals surface area (Å²) >= 11 is 0. The van der Waals surface area contributed by atoms with E-state index >= 15 is 0 Å². The van der Waals surface area contributed by atoms with Crippen molar-refractivity contribution in [3.63, 3.8) is 0 Å². The van der Waals surface area contributed by atoms with Crippen LogP contribution >= 0.6 is 0 Å². The standard InChI is InChI=1S/C18H27N3O2/c1-21-16(9-15(20-21)12-3-2-4-12)18(23)19-17-13-5-6-14(17)8-11(7-13)10-22/h9,11-14,17,22H,2-8,10H2,1H3,(H,19,23)/t11?,13-,14+,17?. The van der Waals surface area contributed by atoms with Crippen molar-refractivity contribution in [1.82, 2.24) is 15.1 Å². The van der Waals surface area contributed by atoms with E-state index in [9.17, 15) is 9.90 Å². The second-order valence-corrected chi connectivity index (χ2v) is 7.82. The van der Waals surface area contributed by atoms with Gasteiger partial charge in [-0.25, -0.2) is 0 Å². The number of amides is 1. The van der Waals surface area contributed by atoms with Crippen molar-refractivity contribution >= 4 is 5.91 Å². The smallest absolute Gasteiger partial charge is 0.269 e. The predicted octanol–water partition coefficient (Wildman–Crippen LogP) is 2.21. The lowest BCUT2D eigenvalue weighted by Gasteiger charge is -2.35. The Bertz CT molecular complexity index is 579. The van der Waals surface area contributed by atoms with E-state index < -0.39 is 0 Å². The minimum absolute atomic E-state index is 0.0231. The number of nitrogens with one attached hydrogen (secondary N) is 1. The maximum Gasteiger partial charge on any atom is 0.269 e. The van der Waals surface area contributed by atoms with Crippen LogP contribution in [-0.2, 0) is 7.05 Å². The number of hydrogen-bond acceptors (Lipinski definition) is 3. The second-order valence-electron chi connectivity index (χ2n) is 7.82. The molecule has 0 radical (unpaired) electrons. The lowest BCUT2D eigenvalue weighted by Crippen LogP contribution is -2.46. The molecule has 1 amide bonds. The maximum atomic E-state index is 12.7. The second kappa shape index (κ2) is 5.93. The first-order chi connectivity index (χ1) is 11.2. The SMILES string of the molecule is Cn1nc(C2CCC2)cc1C(=O)NC1[C@@H]2CC[C@H]1CC(CO)C2. The molecule has 5 nitrogen and oxygen atoms in total. The van der Waals surface area contributed by atoms with E-state index in [0.29, 0.717) is 36.0 Å². The molecule has 4 rings (SSSR count). The number of nitrogens with zero attached hydrogens (tertiary/aromatic N) is 2. The first-order valence-electron chi connectivity index (χ1n) is 9.11. The average molecular weight is 317 g/mol. The molecule has 1 aromatic heterocycles. The van der Waals surface area contributed by atoms with Crippen molar-refractivity contribution in [2.45, 2.75) is 56.9 Å². The summed E-state index contributed by atoms with van der Waals surface area (Å²) in [4.78, 5) is 12.7. The van der Waals surface area contributed by atoms with Crippen molar-refractivity contribution in [2.75, 3.05) is 6.61 Å². The number of carbonyl (C=O) groups is 1. The Kier molecular flexibility index (Phi) is 3.92. The maximum absolute atomic E-state index is 12.7. The van der Waals surface area contributed by atoms with Gasteiger partial charge in [-0.3, -0.25) is 9.48 Å². The number of aromatic nitrogens is 2. The third kappa shape index (κ3) is 2.69. The van der Waals surface area contributed by atoms with Gasteiger partial charge in [0.2, 0.25) is 0 Å². The Morgan fingerprint density at radius 2 is 2.00 bits per heavy atom. The monoisotopic (exact) mass is 317 g/mol. The van der Waals surface area contributed by atoms with Crippen LogP contribution in [0.2, 0.25) is 0 Å². The minimum Gasteiger partial charge on any atom is -0.396 e. The molecule has 2 bridgehead atoms. The molecule has 1 aromatic rings. The van der Waals surface area contributed by atoms with Crippen molar-refractivity contribution in [3.8, 4) is 0 Å². The number of carbonyl (C=O) groups excluding carboxylic acids is 1. The third-order valence-corrected chi connectivity index (χ3v) is 6.41. The topological polar surface area (TPSA) is 67.2 Å². The van der Waals surface area contributed by atoms with Crippen molar-refractivity contribution in [3.05, 3.63) is 17.5 Å². The molecule has 0 aliphatic heterocycles. The van der Waals surface area contributed by atoms with Crippen LogP contribution in [0.3, 0.4) is 0 Å². The Hall–Kier alpha value is -1.36. The van der Waals surface area contributed by atoms with Crippen LogP contribution in [0.15, 0.2) is 6.07 Å². The summed E-state index contributed by atoms with van der Waals surface area (Å²) in [7, 11) is 1.87. The number of fused-ring (bicyclic) bond motifs is 2. The van der Waals surface area contributed by atoms with Gasteiger partial charge in [-0.15, -0.1) is 0 Å². The molecule has 3 aliphatic carbocycles. The molecule has 1 heterocycles. The van der Waals surface area contributed by atoms with Crippen molar-refractivity contribution in [1.29, 1.82) is 0 Å². The molecule has 23 heavy (non-hydrogen) atoms. The summed E-state index contributed by atoms with van der Waals surface area (Å²) < 4.78 is 1.74. The van der Waals surface area contributed by atoms with Gasteiger partial charge in [0.25, 0.3) is 5.91 Å². The molecule has 2 N–H and O–H groups in total. The van der Waals surface area contributed by atoms with Crippen LogP contribution in [-0.4, -0.2) is 33.4 Å². The van der Waals surface area contributed by atoms with Crippen LogP contribution in [0.25, 0.3) is 0 Å². The first kappa shape index (κ1) is 15.2. The van der Waals surface area contributed by atoms with Gasteiger partial charge in [-0.2, -0.15) is 5.10 Å². The van der Waals surface area contributed by atoms with Crippen LogP contribution in [0, 0.1) is 17.8 Å². The summed E-state index contributed by atoms with van der Waals surface area (Å²) in [5, 5.41) is 17.3. The number of aliphatic hydroxyl groups is 1. The van der Waals surface area contributed by atoms with Gasteiger partial charge in [0.05, 0.1) is 5.69 Å². The average Bonchev–Trinajstić information content (AvgIpc) is 2.94. The Morgan fingerprint density at radius 3 is 2.57 bits per heavy atom. The predicted molar refractivity (Wildman–Crippen MR) is 87.1 cm³/mol. The third-order valence-electron chi connectivity index (χ3n) is 6.41. The summed E-state index contributed by atoms with van der Waals surface area (Å²) in [6, 6.07) is 2.27. The number of aliphatic hydroxyl groups excluding tert-OH is 1. The van der Waals surface area contributed by atoms with Crippen molar-refractivity contribution < 1.29 is 9.90 Å². The highest BCUT2D eigenvalue weighted by Gasteiger charge is 2.43. The quantitative estimate of drug-likeness (QED) is 0.895. The molecule has 0 spiro atoms. The van der Waals surface area contributed by atoms with E-state index in [1.807, 2.05) is 13.1 Å². The fourth-order valence-corrected chi connectivity index (χ4v) is 4.87. The zero-order valence-corrected chi connectivity index (χ0v) is 13.9. The molecule has 126 valence electrons. The van der Waals surface area contributed by atoms with Gasteiger partial charge in [0.1, 0.15) is 5.69 Å². The van der Waals surface area contributed by atoms with Crippen LogP contribution < -0.4 is 5.32 Å². The molecule has 2 unspecified atom stereocenters. The van der Waals surface area contributed by atoms with Crippen LogP contribution in [0.5, 0.6) is 0 Å². The summed E-state index contributed by atoms with van der Waals surface area (Å²) in [5.41, 5.74) is 1.77. The van der Waals surface area contributed by atoms with Crippen LogP contribution in [0.4, 0.5) is 0 Å². The van der Waals surface area contributed by atoms with Gasteiger partial charge in [-0.05, 0) is 62.3 Å². The molecule has 0 saturated heterocycles. The highest BCUT2D eigenvalue weighted by Crippen LogP contribution is 2.45. The van der Waals surface area contributed by atoms with E-state index in [-0.39, 0.29) is 11.9 Å². The fraction of sp³-hybridized carbons (Fsp3) is 0.778. The number of hydrogen-bond donors (Lipinski definition) is 2. The number of aryl methyl sites for hydroxylation is 1. The number of rotatable bonds is 4. The molecule has 3 saturated carbocycles. The summed E-state index contributed by atoms with van der Waals surface area (Å²) in [5.74, 6) is 2.08. The molecule has 5 heteroatoms. The zero-order valence-electron chi connectivity index (χ0n) is 13.9. The highest BCUT2D eigenvalue weighted by molar-refractivity contribution is 5.93. The van der Waals surface area contributed by atoms with Gasteiger partial charge < -0.3 is 10.4 Å². The first-order valence-corrected chi connectivity index (χ1v) is 9.11.